The molecule has 1 aliphatic heterocycles. The maximum Gasteiger partial charge on any atom is 0.341 e. The van der Waals surface area contributed by atoms with Crippen LogP contribution in [0.3, 0.4) is 0 Å². The molecular formula is C17H21N5O3. The number of ether oxygens (including phenoxy) is 1. The van der Waals surface area contributed by atoms with E-state index in [4.69, 9.17) is 4.74 Å². The summed E-state index contributed by atoms with van der Waals surface area (Å²) in [5.41, 5.74) is 1.40. The molecule has 2 aromatic rings. The third kappa shape index (κ3) is 3.78. The molecule has 1 aliphatic rings. The maximum atomic E-state index is 11.7. The van der Waals surface area contributed by atoms with Gasteiger partial charge in [-0.25, -0.2) is 14.5 Å². The van der Waals surface area contributed by atoms with Gasteiger partial charge in [-0.05, 0) is 19.1 Å². The standard InChI is InChI=1S/C17H21N5O3/c1-3-25-17(24)14-10-19-22(12-14)16-5-4-15(11-18-16)21-8-6-20(7-9-21)13(2)23/h4-5,10-12H,3,6-9H2,1-2H3. The number of nitrogens with zero attached hydrogens (tertiary/aromatic N) is 5. The zero-order valence-corrected chi connectivity index (χ0v) is 14.4. The van der Waals surface area contributed by atoms with Gasteiger partial charge in [0, 0.05) is 39.3 Å². The molecule has 3 heterocycles. The molecule has 0 spiro atoms. The lowest BCUT2D eigenvalue weighted by Gasteiger charge is -2.35. The molecule has 1 saturated heterocycles. The van der Waals surface area contributed by atoms with Gasteiger partial charge in [-0.2, -0.15) is 5.10 Å². The van der Waals surface area contributed by atoms with E-state index in [0.29, 0.717) is 18.0 Å². The van der Waals surface area contributed by atoms with Crippen molar-refractivity contribution in [2.45, 2.75) is 13.8 Å². The lowest BCUT2D eigenvalue weighted by molar-refractivity contribution is -0.129. The highest BCUT2D eigenvalue weighted by Crippen LogP contribution is 2.17. The zero-order valence-electron chi connectivity index (χ0n) is 14.4. The molecule has 8 heteroatoms. The molecule has 0 radical (unpaired) electrons. The van der Waals surface area contributed by atoms with E-state index in [1.54, 1.807) is 30.9 Å². The summed E-state index contributed by atoms with van der Waals surface area (Å²) in [6.45, 7) is 6.70. The molecule has 8 nitrogen and oxygen atoms in total. The fourth-order valence-corrected chi connectivity index (χ4v) is 2.75. The Morgan fingerprint density at radius 2 is 1.92 bits per heavy atom. The van der Waals surface area contributed by atoms with Crippen LogP contribution in [0.15, 0.2) is 30.7 Å². The van der Waals surface area contributed by atoms with Crippen LogP contribution in [0.2, 0.25) is 0 Å². The average Bonchev–Trinajstić information content (AvgIpc) is 3.12. The molecule has 0 unspecified atom stereocenters. The number of hydrogen-bond donors (Lipinski definition) is 0. The SMILES string of the molecule is CCOC(=O)c1cnn(-c2ccc(N3CCN(C(C)=O)CC3)cn2)c1. The molecule has 1 amide bonds. The Balaban J connectivity index is 1.67. The molecule has 0 aliphatic carbocycles. The summed E-state index contributed by atoms with van der Waals surface area (Å²) in [6, 6.07) is 3.83. The lowest BCUT2D eigenvalue weighted by atomic mass is 10.2. The van der Waals surface area contributed by atoms with Crippen molar-refractivity contribution in [3.05, 3.63) is 36.3 Å². The number of anilines is 1. The second-order valence-corrected chi connectivity index (χ2v) is 5.76. The van der Waals surface area contributed by atoms with Crippen molar-refractivity contribution in [1.29, 1.82) is 0 Å². The van der Waals surface area contributed by atoms with Crippen molar-refractivity contribution in [1.82, 2.24) is 19.7 Å². The molecule has 25 heavy (non-hydrogen) atoms. The van der Waals surface area contributed by atoms with Crippen molar-refractivity contribution in [2.24, 2.45) is 0 Å². The third-order valence-corrected chi connectivity index (χ3v) is 4.15. The first kappa shape index (κ1) is 16.9. The number of carbonyl (C=O) groups is 2. The van der Waals surface area contributed by atoms with Gasteiger partial charge in [-0.3, -0.25) is 4.79 Å². The molecule has 132 valence electrons. The Labute approximate surface area is 146 Å². The van der Waals surface area contributed by atoms with Gasteiger partial charge in [0.25, 0.3) is 0 Å². The first-order valence-electron chi connectivity index (χ1n) is 8.27. The van der Waals surface area contributed by atoms with Crippen LogP contribution in [-0.2, 0) is 9.53 Å². The molecule has 1 fully saturated rings. The highest BCUT2D eigenvalue weighted by molar-refractivity contribution is 5.88. The van der Waals surface area contributed by atoms with E-state index in [1.165, 1.54) is 6.20 Å². The van der Waals surface area contributed by atoms with Crippen molar-refractivity contribution >= 4 is 17.6 Å². The van der Waals surface area contributed by atoms with Crippen LogP contribution >= 0.6 is 0 Å². The van der Waals surface area contributed by atoms with Gasteiger partial charge < -0.3 is 14.5 Å². The fraction of sp³-hybridized carbons (Fsp3) is 0.412. The van der Waals surface area contributed by atoms with E-state index in [1.807, 2.05) is 17.0 Å². The highest BCUT2D eigenvalue weighted by atomic mass is 16.5. The van der Waals surface area contributed by atoms with Crippen molar-refractivity contribution in [3.63, 3.8) is 0 Å². The van der Waals surface area contributed by atoms with Crippen LogP contribution < -0.4 is 4.90 Å². The van der Waals surface area contributed by atoms with Gasteiger partial charge in [0.2, 0.25) is 5.91 Å². The lowest BCUT2D eigenvalue weighted by Crippen LogP contribution is -2.48. The topological polar surface area (TPSA) is 80.6 Å². The minimum atomic E-state index is -0.395. The maximum absolute atomic E-state index is 11.7. The van der Waals surface area contributed by atoms with Gasteiger partial charge in [0.1, 0.15) is 0 Å². The van der Waals surface area contributed by atoms with Crippen LogP contribution in [-0.4, -0.2) is 64.3 Å². The van der Waals surface area contributed by atoms with Gasteiger partial charge in [0.15, 0.2) is 5.82 Å². The largest absolute Gasteiger partial charge is 0.462 e. The number of piperazine rings is 1. The normalized spacial score (nSPS) is 14.5. The number of hydrogen-bond acceptors (Lipinski definition) is 6. The molecular weight excluding hydrogens is 322 g/mol. The number of pyridine rings is 1. The molecule has 2 aromatic heterocycles. The van der Waals surface area contributed by atoms with Crippen LogP contribution in [0, 0.1) is 0 Å². The van der Waals surface area contributed by atoms with Crippen molar-refractivity contribution < 1.29 is 14.3 Å². The van der Waals surface area contributed by atoms with Gasteiger partial charge in [-0.1, -0.05) is 0 Å². The van der Waals surface area contributed by atoms with Crippen LogP contribution in [0.25, 0.3) is 5.82 Å². The summed E-state index contributed by atoms with van der Waals surface area (Å²) in [6.07, 6.45) is 4.85. The summed E-state index contributed by atoms with van der Waals surface area (Å²) >= 11 is 0. The van der Waals surface area contributed by atoms with Crippen LogP contribution in [0.5, 0.6) is 0 Å². The smallest absolute Gasteiger partial charge is 0.341 e. The fourth-order valence-electron chi connectivity index (χ4n) is 2.75. The number of carbonyl (C=O) groups excluding carboxylic acids is 2. The second kappa shape index (κ2) is 7.33. The van der Waals surface area contributed by atoms with Crippen molar-refractivity contribution in [2.75, 3.05) is 37.7 Å². The Morgan fingerprint density at radius 3 is 2.52 bits per heavy atom. The quantitative estimate of drug-likeness (QED) is 0.774. The molecule has 0 atom stereocenters. The van der Waals surface area contributed by atoms with E-state index >= 15 is 0 Å². The molecule has 0 N–H and O–H groups in total. The summed E-state index contributed by atoms with van der Waals surface area (Å²) in [4.78, 5) is 31.5. The Kier molecular flexibility index (Phi) is 4.97. The first-order valence-corrected chi connectivity index (χ1v) is 8.27. The number of amides is 1. The summed E-state index contributed by atoms with van der Waals surface area (Å²) < 4.78 is 6.50. The number of rotatable bonds is 4. The predicted octanol–water partition coefficient (Wildman–Crippen LogP) is 1.11. The summed E-state index contributed by atoms with van der Waals surface area (Å²) in [5, 5.41) is 4.16. The highest BCUT2D eigenvalue weighted by Gasteiger charge is 2.19. The Morgan fingerprint density at radius 1 is 1.16 bits per heavy atom. The summed E-state index contributed by atoms with van der Waals surface area (Å²) in [7, 11) is 0. The monoisotopic (exact) mass is 343 g/mol. The van der Waals surface area contributed by atoms with Gasteiger partial charge in [-0.15, -0.1) is 0 Å². The molecule has 3 rings (SSSR count). The first-order chi connectivity index (χ1) is 12.1. The Hall–Kier alpha value is -2.90. The van der Waals surface area contributed by atoms with E-state index < -0.39 is 5.97 Å². The minimum Gasteiger partial charge on any atom is -0.462 e. The van der Waals surface area contributed by atoms with Gasteiger partial charge >= 0.3 is 5.97 Å². The Bertz CT molecular complexity index is 748. The van der Waals surface area contributed by atoms with Crippen LogP contribution in [0.4, 0.5) is 5.69 Å². The van der Waals surface area contributed by atoms with E-state index in [-0.39, 0.29) is 5.91 Å². The summed E-state index contributed by atoms with van der Waals surface area (Å²) in [5.74, 6) is 0.347. The molecule has 0 bridgehead atoms. The molecule has 0 aromatic carbocycles. The van der Waals surface area contributed by atoms with Crippen LogP contribution in [0.1, 0.15) is 24.2 Å². The average molecular weight is 343 g/mol. The van der Waals surface area contributed by atoms with Gasteiger partial charge in [0.05, 0.1) is 30.3 Å². The number of esters is 1. The second-order valence-electron chi connectivity index (χ2n) is 5.76. The minimum absolute atomic E-state index is 0.115. The van der Waals surface area contributed by atoms with E-state index in [9.17, 15) is 9.59 Å². The third-order valence-electron chi connectivity index (χ3n) is 4.15. The predicted molar refractivity (Wildman–Crippen MR) is 91.8 cm³/mol. The van der Waals surface area contributed by atoms with E-state index in [0.717, 1.165) is 31.9 Å². The van der Waals surface area contributed by atoms with Crippen molar-refractivity contribution in [3.8, 4) is 5.82 Å². The van der Waals surface area contributed by atoms with E-state index in [2.05, 4.69) is 15.0 Å². The zero-order chi connectivity index (χ0) is 17.8. The number of aromatic nitrogens is 3. The molecule has 0 saturated carbocycles.